The molecule has 1 nitrogen and oxygen atoms in total. The molecule has 2 atom stereocenters. The van der Waals surface area contributed by atoms with Crippen LogP contribution in [-0.4, -0.2) is 6.54 Å². The highest BCUT2D eigenvalue weighted by molar-refractivity contribution is 9.10. The summed E-state index contributed by atoms with van der Waals surface area (Å²) in [6.07, 6.45) is 4.03. The molecule has 3 rings (SSSR count). The fourth-order valence-corrected chi connectivity index (χ4v) is 3.68. The number of fused-ring (bicyclic) bond motifs is 2. The highest BCUT2D eigenvalue weighted by Crippen LogP contribution is 2.48. The van der Waals surface area contributed by atoms with Crippen LogP contribution in [0.5, 0.6) is 0 Å². The predicted molar refractivity (Wildman–Crippen MR) is 61.2 cm³/mol. The molecule has 2 bridgehead atoms. The fourth-order valence-electron chi connectivity index (χ4n) is 3.01. The summed E-state index contributed by atoms with van der Waals surface area (Å²) < 4.78 is 1.26. The summed E-state index contributed by atoms with van der Waals surface area (Å²) in [6.45, 7) is 1.21. The Morgan fingerprint density at radius 3 is 2.79 bits per heavy atom. The zero-order chi connectivity index (χ0) is 9.60. The number of nitrogens with one attached hydrogen (secondary N) is 1. The summed E-state index contributed by atoms with van der Waals surface area (Å²) in [5.74, 6) is 0.919. The molecule has 0 radical (unpaired) electrons. The van der Waals surface area contributed by atoms with Crippen molar-refractivity contribution in [1.29, 1.82) is 0 Å². The number of hydrogen-bond acceptors (Lipinski definition) is 1. The minimum atomic E-state index is 0.296. The number of benzene rings is 1. The Morgan fingerprint density at radius 2 is 2.21 bits per heavy atom. The average molecular weight is 252 g/mol. The van der Waals surface area contributed by atoms with Gasteiger partial charge in [-0.05, 0) is 43.4 Å². The largest absolute Gasteiger partial charge is 0.307 e. The van der Waals surface area contributed by atoms with Crippen molar-refractivity contribution < 1.29 is 0 Å². The molecule has 14 heavy (non-hydrogen) atoms. The molecule has 1 saturated heterocycles. The van der Waals surface area contributed by atoms with Gasteiger partial charge in [0.2, 0.25) is 0 Å². The average Bonchev–Trinajstić information content (AvgIpc) is 2.79. The molecule has 74 valence electrons. The second-order valence-corrected chi connectivity index (χ2v) is 5.41. The van der Waals surface area contributed by atoms with Gasteiger partial charge >= 0.3 is 0 Å². The summed E-state index contributed by atoms with van der Waals surface area (Å²) in [6, 6.07) is 8.63. The van der Waals surface area contributed by atoms with Crippen molar-refractivity contribution in [3.8, 4) is 0 Å². The third-order valence-corrected chi connectivity index (χ3v) is 4.43. The van der Waals surface area contributed by atoms with Crippen LogP contribution < -0.4 is 5.32 Å². The third kappa shape index (κ3) is 1.17. The normalized spacial score (nSPS) is 35.1. The fraction of sp³-hybridized carbons (Fsp3) is 0.500. The maximum absolute atomic E-state index is 3.70. The van der Waals surface area contributed by atoms with Crippen molar-refractivity contribution in [3.05, 3.63) is 34.3 Å². The van der Waals surface area contributed by atoms with E-state index < -0.39 is 0 Å². The molecule has 2 unspecified atom stereocenters. The minimum absolute atomic E-state index is 0.296. The maximum atomic E-state index is 3.70. The van der Waals surface area contributed by atoms with E-state index in [9.17, 15) is 0 Å². The highest BCUT2D eigenvalue weighted by Gasteiger charge is 2.46. The van der Waals surface area contributed by atoms with Gasteiger partial charge in [0.15, 0.2) is 0 Å². The highest BCUT2D eigenvalue weighted by atomic mass is 79.9. The monoisotopic (exact) mass is 251 g/mol. The Balaban J connectivity index is 2.06. The van der Waals surface area contributed by atoms with Gasteiger partial charge < -0.3 is 5.32 Å². The summed E-state index contributed by atoms with van der Waals surface area (Å²) in [7, 11) is 0. The van der Waals surface area contributed by atoms with Crippen molar-refractivity contribution in [2.24, 2.45) is 5.92 Å². The van der Waals surface area contributed by atoms with Gasteiger partial charge in [0.1, 0.15) is 0 Å². The molecule has 2 fully saturated rings. The molecule has 1 N–H and O–H groups in total. The zero-order valence-corrected chi connectivity index (χ0v) is 9.68. The Hall–Kier alpha value is -0.340. The van der Waals surface area contributed by atoms with Gasteiger partial charge in [-0.15, -0.1) is 0 Å². The van der Waals surface area contributed by atoms with Gasteiger partial charge in [0.25, 0.3) is 0 Å². The first-order valence-corrected chi connectivity index (χ1v) is 6.09. The van der Waals surface area contributed by atoms with Crippen molar-refractivity contribution in [2.75, 3.05) is 6.54 Å². The topological polar surface area (TPSA) is 12.0 Å². The molecule has 0 spiro atoms. The Bertz CT molecular complexity index is 353. The third-order valence-electron chi connectivity index (χ3n) is 3.74. The van der Waals surface area contributed by atoms with Crippen molar-refractivity contribution in [2.45, 2.75) is 24.8 Å². The van der Waals surface area contributed by atoms with Crippen LogP contribution in [0.25, 0.3) is 0 Å². The number of piperidine rings is 1. The number of hydrogen-bond donors (Lipinski definition) is 1. The zero-order valence-electron chi connectivity index (χ0n) is 8.09. The molecule has 2 heteroatoms. The molecule has 1 heterocycles. The van der Waals surface area contributed by atoms with Crippen molar-refractivity contribution in [3.63, 3.8) is 0 Å². The van der Waals surface area contributed by atoms with Crippen LogP contribution in [0, 0.1) is 5.92 Å². The van der Waals surface area contributed by atoms with Gasteiger partial charge in [-0.3, -0.25) is 0 Å². The summed E-state index contributed by atoms with van der Waals surface area (Å²) in [5.41, 5.74) is 1.75. The number of halogens is 1. The van der Waals surface area contributed by atoms with E-state index in [-0.39, 0.29) is 0 Å². The van der Waals surface area contributed by atoms with Gasteiger partial charge in [-0.25, -0.2) is 0 Å². The van der Waals surface area contributed by atoms with Crippen LogP contribution in [0.4, 0.5) is 0 Å². The second-order valence-electron chi connectivity index (χ2n) is 4.55. The lowest BCUT2D eigenvalue weighted by molar-refractivity contribution is 0.372. The molecular formula is C12H14BrN. The standard InChI is InChI=1S/C12H14BrN/c13-11-4-2-1-3-10(11)12-6-5-9(7-12)8-14-12/h1-4,9,14H,5-8H2. The van der Waals surface area contributed by atoms with Gasteiger partial charge in [-0.2, -0.15) is 0 Å². The minimum Gasteiger partial charge on any atom is -0.307 e. The smallest absolute Gasteiger partial charge is 0.0449 e. The van der Waals surface area contributed by atoms with E-state index in [4.69, 9.17) is 0 Å². The van der Waals surface area contributed by atoms with E-state index in [0.29, 0.717) is 5.54 Å². The summed E-state index contributed by atoms with van der Waals surface area (Å²) >= 11 is 3.66. The molecule has 0 amide bonds. The molecule has 0 aromatic heterocycles. The van der Waals surface area contributed by atoms with Crippen molar-refractivity contribution >= 4 is 15.9 Å². The lowest BCUT2D eigenvalue weighted by Crippen LogP contribution is -2.37. The van der Waals surface area contributed by atoms with Crippen LogP contribution in [0.15, 0.2) is 28.7 Å². The molecule has 2 aliphatic rings. The summed E-state index contributed by atoms with van der Waals surface area (Å²) in [5, 5.41) is 3.70. The lowest BCUT2D eigenvalue weighted by atomic mass is 9.89. The van der Waals surface area contributed by atoms with E-state index >= 15 is 0 Å². The van der Waals surface area contributed by atoms with Gasteiger partial charge in [0, 0.05) is 10.0 Å². The first-order chi connectivity index (χ1) is 6.80. The lowest BCUT2D eigenvalue weighted by Gasteiger charge is -2.29. The second kappa shape index (κ2) is 3.07. The molecule has 1 aromatic carbocycles. The van der Waals surface area contributed by atoms with Crippen LogP contribution in [-0.2, 0) is 5.54 Å². The van der Waals surface area contributed by atoms with Crippen LogP contribution in [0.1, 0.15) is 24.8 Å². The quantitative estimate of drug-likeness (QED) is 0.810. The Labute approximate surface area is 93.0 Å². The maximum Gasteiger partial charge on any atom is 0.0449 e. The first-order valence-electron chi connectivity index (χ1n) is 5.30. The molecule has 1 aliphatic carbocycles. The van der Waals surface area contributed by atoms with E-state index in [1.165, 1.54) is 35.8 Å². The Kier molecular flexibility index (Phi) is 1.96. The van der Waals surface area contributed by atoms with Crippen LogP contribution >= 0.6 is 15.9 Å². The predicted octanol–water partition coefficient (Wildman–Crippen LogP) is 3.05. The van der Waals surface area contributed by atoms with Gasteiger partial charge in [0.05, 0.1) is 0 Å². The molecule has 1 aliphatic heterocycles. The molecular weight excluding hydrogens is 238 g/mol. The SMILES string of the molecule is Brc1ccccc1C12CCC(CN1)C2. The van der Waals surface area contributed by atoms with Crippen molar-refractivity contribution in [1.82, 2.24) is 5.32 Å². The van der Waals surface area contributed by atoms with Gasteiger partial charge in [-0.1, -0.05) is 34.1 Å². The Morgan fingerprint density at radius 1 is 1.36 bits per heavy atom. The molecule has 1 saturated carbocycles. The van der Waals surface area contributed by atoms with E-state index in [1.54, 1.807) is 0 Å². The van der Waals surface area contributed by atoms with E-state index in [1.807, 2.05) is 0 Å². The van der Waals surface area contributed by atoms with Crippen LogP contribution in [0.3, 0.4) is 0 Å². The number of rotatable bonds is 1. The van der Waals surface area contributed by atoms with Crippen LogP contribution in [0.2, 0.25) is 0 Å². The summed E-state index contributed by atoms with van der Waals surface area (Å²) in [4.78, 5) is 0. The van der Waals surface area contributed by atoms with E-state index in [0.717, 1.165) is 5.92 Å². The first kappa shape index (κ1) is 8.93. The van der Waals surface area contributed by atoms with E-state index in [2.05, 4.69) is 45.5 Å². The molecule has 1 aromatic rings.